The molecule has 0 saturated carbocycles. The quantitative estimate of drug-likeness (QED) is 0.538. The second kappa shape index (κ2) is 9.11. The first-order chi connectivity index (χ1) is 13.8. The summed E-state index contributed by atoms with van der Waals surface area (Å²) < 4.78 is 27.7. The predicted octanol–water partition coefficient (Wildman–Crippen LogP) is 6.33. The van der Waals surface area contributed by atoms with Crippen LogP contribution < -0.4 is 0 Å². The summed E-state index contributed by atoms with van der Waals surface area (Å²) in [5, 5.41) is 12.2. The molecular formula is C24H30ClF2NO. The van der Waals surface area contributed by atoms with Crippen LogP contribution in [0, 0.1) is 23.5 Å². The van der Waals surface area contributed by atoms with E-state index < -0.39 is 17.2 Å². The topological polar surface area (TPSA) is 23.5 Å². The van der Waals surface area contributed by atoms with Gasteiger partial charge in [-0.05, 0) is 47.7 Å². The molecule has 5 heteroatoms. The molecule has 2 aromatic rings. The third kappa shape index (κ3) is 4.65. The summed E-state index contributed by atoms with van der Waals surface area (Å²) in [5.41, 5.74) is 0.270. The zero-order valence-electron chi connectivity index (χ0n) is 17.3. The highest BCUT2D eigenvalue weighted by Gasteiger charge is 2.49. The Bertz CT molecular complexity index is 800. The number of benzene rings is 2. The van der Waals surface area contributed by atoms with Gasteiger partial charge in [0.15, 0.2) is 0 Å². The van der Waals surface area contributed by atoms with E-state index in [1.165, 1.54) is 17.7 Å². The zero-order valence-corrected chi connectivity index (χ0v) is 18.1. The predicted molar refractivity (Wildman–Crippen MR) is 114 cm³/mol. The summed E-state index contributed by atoms with van der Waals surface area (Å²) in [6.07, 6.45) is 3.25. The Hall–Kier alpha value is -1.49. The maximum absolute atomic E-state index is 13.8. The van der Waals surface area contributed by atoms with Crippen LogP contribution in [0.25, 0.3) is 0 Å². The third-order valence-electron chi connectivity index (χ3n) is 6.26. The minimum atomic E-state index is -1.27. The first kappa shape index (κ1) is 22.2. The van der Waals surface area contributed by atoms with Crippen LogP contribution in [0.5, 0.6) is 0 Å². The molecule has 1 fully saturated rings. The normalized spacial score (nSPS) is 18.5. The molecule has 2 atom stereocenters. The van der Waals surface area contributed by atoms with E-state index in [1.54, 1.807) is 0 Å². The summed E-state index contributed by atoms with van der Waals surface area (Å²) in [6, 6.07) is 11.6. The van der Waals surface area contributed by atoms with Gasteiger partial charge in [-0.3, -0.25) is 4.90 Å². The standard InChI is InChI=1S/C24H30ClF2NO/c1-4-5-6-23(17-7-9-20(25)10-8-17)28-14-19(15-28)24(29,16(2)3)18-11-21(26)13-22(27)12-18/h7-13,16,19,23,29H,4-6,14-15H2,1-3H3. The number of nitrogens with zero attached hydrogens (tertiary/aromatic N) is 1. The summed E-state index contributed by atoms with van der Waals surface area (Å²) in [4.78, 5) is 2.35. The summed E-state index contributed by atoms with van der Waals surface area (Å²) in [7, 11) is 0. The number of unbranched alkanes of at least 4 members (excludes halogenated alkanes) is 1. The lowest BCUT2D eigenvalue weighted by molar-refractivity contribution is -0.132. The SMILES string of the molecule is CCCCC(c1ccc(Cl)cc1)N1CC(C(O)(c2cc(F)cc(F)c2)C(C)C)C1. The molecule has 0 radical (unpaired) electrons. The monoisotopic (exact) mass is 421 g/mol. The van der Waals surface area contributed by atoms with Crippen molar-refractivity contribution in [3.05, 3.63) is 70.2 Å². The lowest BCUT2D eigenvalue weighted by Gasteiger charge is -2.53. The number of halogens is 3. The van der Waals surface area contributed by atoms with E-state index in [2.05, 4.69) is 24.0 Å². The number of rotatable bonds is 8. The highest BCUT2D eigenvalue weighted by atomic mass is 35.5. The Labute approximate surface area is 177 Å². The molecule has 2 unspecified atom stereocenters. The molecule has 1 N–H and O–H groups in total. The second-order valence-electron chi connectivity index (χ2n) is 8.50. The smallest absolute Gasteiger partial charge is 0.126 e. The van der Waals surface area contributed by atoms with Gasteiger partial charge in [-0.25, -0.2) is 8.78 Å². The van der Waals surface area contributed by atoms with E-state index in [4.69, 9.17) is 11.6 Å². The summed E-state index contributed by atoms with van der Waals surface area (Å²) >= 11 is 6.05. The minimum absolute atomic E-state index is 0.0832. The van der Waals surface area contributed by atoms with E-state index in [9.17, 15) is 13.9 Å². The van der Waals surface area contributed by atoms with E-state index >= 15 is 0 Å². The van der Waals surface area contributed by atoms with Crippen LogP contribution in [0.2, 0.25) is 5.02 Å². The van der Waals surface area contributed by atoms with Gasteiger partial charge in [0.25, 0.3) is 0 Å². The van der Waals surface area contributed by atoms with E-state index in [0.29, 0.717) is 23.7 Å². The molecule has 29 heavy (non-hydrogen) atoms. The fourth-order valence-corrected chi connectivity index (χ4v) is 4.64. The highest BCUT2D eigenvalue weighted by molar-refractivity contribution is 6.30. The Kier molecular flexibility index (Phi) is 6.98. The zero-order chi connectivity index (χ0) is 21.2. The van der Waals surface area contributed by atoms with Crippen LogP contribution in [-0.2, 0) is 5.60 Å². The van der Waals surface area contributed by atoms with Crippen molar-refractivity contribution in [3.63, 3.8) is 0 Å². The maximum Gasteiger partial charge on any atom is 0.126 e. The molecule has 2 nitrogen and oxygen atoms in total. The minimum Gasteiger partial charge on any atom is -0.385 e. The van der Waals surface area contributed by atoms with E-state index in [1.807, 2.05) is 26.0 Å². The first-order valence-corrected chi connectivity index (χ1v) is 10.8. The lowest BCUT2D eigenvalue weighted by Crippen LogP contribution is -2.59. The fraction of sp³-hybridized carbons (Fsp3) is 0.500. The van der Waals surface area contributed by atoms with Crippen molar-refractivity contribution in [2.75, 3.05) is 13.1 Å². The number of likely N-dealkylation sites (tertiary alicyclic amines) is 1. The van der Waals surface area contributed by atoms with Crippen molar-refractivity contribution in [2.24, 2.45) is 11.8 Å². The summed E-state index contributed by atoms with van der Waals surface area (Å²) in [6.45, 7) is 7.35. The molecule has 3 rings (SSSR count). The molecule has 0 spiro atoms. The van der Waals surface area contributed by atoms with Gasteiger partial charge < -0.3 is 5.11 Å². The van der Waals surface area contributed by atoms with Gasteiger partial charge in [-0.15, -0.1) is 0 Å². The molecule has 0 aromatic heterocycles. The molecule has 2 aromatic carbocycles. The number of hydrogen-bond donors (Lipinski definition) is 1. The van der Waals surface area contributed by atoms with Gasteiger partial charge in [0.05, 0.1) is 5.60 Å². The van der Waals surface area contributed by atoms with Gasteiger partial charge >= 0.3 is 0 Å². The van der Waals surface area contributed by atoms with Gasteiger partial charge in [-0.2, -0.15) is 0 Å². The van der Waals surface area contributed by atoms with Crippen molar-refractivity contribution in [1.29, 1.82) is 0 Å². The van der Waals surface area contributed by atoms with E-state index in [-0.39, 0.29) is 17.9 Å². The van der Waals surface area contributed by atoms with Crippen molar-refractivity contribution < 1.29 is 13.9 Å². The van der Waals surface area contributed by atoms with Crippen LogP contribution in [0.3, 0.4) is 0 Å². The van der Waals surface area contributed by atoms with Crippen LogP contribution in [0.4, 0.5) is 8.78 Å². The van der Waals surface area contributed by atoms with E-state index in [0.717, 1.165) is 25.3 Å². The number of hydrogen-bond acceptors (Lipinski definition) is 2. The Morgan fingerprint density at radius 2 is 1.69 bits per heavy atom. The molecule has 1 aliphatic heterocycles. The molecule has 0 bridgehead atoms. The molecule has 0 aliphatic carbocycles. The van der Waals surface area contributed by atoms with Crippen molar-refractivity contribution in [1.82, 2.24) is 4.90 Å². The Balaban J connectivity index is 1.81. The molecule has 1 aliphatic rings. The highest BCUT2D eigenvalue weighted by Crippen LogP contribution is 2.45. The van der Waals surface area contributed by atoms with Gasteiger partial charge in [0, 0.05) is 36.1 Å². The van der Waals surface area contributed by atoms with Crippen LogP contribution >= 0.6 is 11.6 Å². The second-order valence-corrected chi connectivity index (χ2v) is 8.94. The van der Waals surface area contributed by atoms with Crippen LogP contribution in [-0.4, -0.2) is 23.1 Å². The van der Waals surface area contributed by atoms with Gasteiger partial charge in [0.2, 0.25) is 0 Å². The molecular weight excluding hydrogens is 392 g/mol. The van der Waals surface area contributed by atoms with Crippen molar-refractivity contribution >= 4 is 11.6 Å². The Morgan fingerprint density at radius 3 is 2.21 bits per heavy atom. The van der Waals surface area contributed by atoms with Gasteiger partial charge in [0.1, 0.15) is 11.6 Å². The average molecular weight is 422 g/mol. The Morgan fingerprint density at radius 1 is 1.10 bits per heavy atom. The van der Waals surface area contributed by atoms with Crippen molar-refractivity contribution in [2.45, 2.75) is 51.7 Å². The average Bonchev–Trinajstić information content (AvgIpc) is 2.62. The van der Waals surface area contributed by atoms with Crippen molar-refractivity contribution in [3.8, 4) is 0 Å². The largest absolute Gasteiger partial charge is 0.385 e. The lowest BCUT2D eigenvalue weighted by atomic mass is 9.69. The number of aliphatic hydroxyl groups is 1. The first-order valence-electron chi connectivity index (χ1n) is 10.4. The summed E-state index contributed by atoms with van der Waals surface area (Å²) in [5.74, 6) is -1.56. The van der Waals surface area contributed by atoms with Crippen LogP contribution in [0.15, 0.2) is 42.5 Å². The maximum atomic E-state index is 13.8. The van der Waals surface area contributed by atoms with Crippen LogP contribution in [0.1, 0.15) is 57.2 Å². The molecule has 1 saturated heterocycles. The third-order valence-corrected chi connectivity index (χ3v) is 6.52. The fourth-order valence-electron chi connectivity index (χ4n) is 4.51. The molecule has 0 amide bonds. The van der Waals surface area contributed by atoms with Gasteiger partial charge in [-0.1, -0.05) is 57.3 Å². The molecule has 158 valence electrons. The molecule has 1 heterocycles.